The lowest BCUT2D eigenvalue weighted by Crippen LogP contribution is -2.30. The third-order valence-electron chi connectivity index (χ3n) is 4.57. The second-order valence-corrected chi connectivity index (χ2v) is 6.14. The second kappa shape index (κ2) is 4.19. The van der Waals surface area contributed by atoms with Gasteiger partial charge in [-0.15, -0.1) is 0 Å². The molecule has 0 atom stereocenters. The molecule has 0 aliphatic heterocycles. The standard InChI is InChI=1S/C18H16N2O2/c1-18(2)13-9-10(22-3)6-7-11(13)15(21)14-12-5-4-8-19-17(12)20-16(14)18/h4-9H,1-3H3,(H,19,20). The minimum Gasteiger partial charge on any atom is -0.497 e. The van der Waals surface area contributed by atoms with Crippen molar-refractivity contribution in [3.05, 3.63) is 58.9 Å². The Morgan fingerprint density at radius 1 is 1.23 bits per heavy atom. The van der Waals surface area contributed by atoms with Gasteiger partial charge in [0, 0.05) is 28.3 Å². The summed E-state index contributed by atoms with van der Waals surface area (Å²) in [4.78, 5) is 20.7. The smallest absolute Gasteiger partial charge is 0.195 e. The summed E-state index contributed by atoms with van der Waals surface area (Å²) in [6.45, 7) is 4.23. The molecule has 4 heteroatoms. The van der Waals surface area contributed by atoms with Crippen LogP contribution in [0.15, 0.2) is 36.5 Å². The van der Waals surface area contributed by atoms with Crippen LogP contribution < -0.4 is 4.74 Å². The summed E-state index contributed by atoms with van der Waals surface area (Å²) in [7, 11) is 1.64. The summed E-state index contributed by atoms with van der Waals surface area (Å²) in [6, 6.07) is 9.46. The number of pyridine rings is 1. The number of carbonyl (C=O) groups excluding carboxylic acids is 1. The van der Waals surface area contributed by atoms with E-state index in [0.29, 0.717) is 0 Å². The quantitative estimate of drug-likeness (QED) is 0.747. The first-order valence-electron chi connectivity index (χ1n) is 7.24. The summed E-state index contributed by atoms with van der Waals surface area (Å²) in [5.41, 5.74) is 3.83. The number of hydrogen-bond donors (Lipinski definition) is 1. The van der Waals surface area contributed by atoms with E-state index in [1.54, 1.807) is 13.3 Å². The van der Waals surface area contributed by atoms with E-state index in [1.165, 1.54) is 0 Å². The minimum atomic E-state index is -0.312. The number of methoxy groups -OCH3 is 1. The number of ketones is 1. The minimum absolute atomic E-state index is 0.0474. The van der Waals surface area contributed by atoms with Gasteiger partial charge in [-0.1, -0.05) is 13.8 Å². The molecule has 22 heavy (non-hydrogen) atoms. The lowest BCUT2D eigenvalue weighted by Gasteiger charge is -2.32. The van der Waals surface area contributed by atoms with Crippen LogP contribution in [0, 0.1) is 0 Å². The zero-order chi connectivity index (χ0) is 15.5. The number of fused-ring (bicyclic) bond motifs is 4. The first-order valence-corrected chi connectivity index (χ1v) is 7.24. The Kier molecular flexibility index (Phi) is 2.49. The number of hydrogen-bond acceptors (Lipinski definition) is 3. The van der Waals surface area contributed by atoms with Gasteiger partial charge in [-0.3, -0.25) is 4.79 Å². The van der Waals surface area contributed by atoms with Crippen molar-refractivity contribution in [2.75, 3.05) is 7.11 Å². The van der Waals surface area contributed by atoms with Gasteiger partial charge in [0.2, 0.25) is 0 Å². The lowest BCUT2D eigenvalue weighted by molar-refractivity contribution is 0.103. The molecule has 2 aromatic heterocycles. The average Bonchev–Trinajstić information content (AvgIpc) is 2.93. The number of aromatic amines is 1. The molecule has 0 bridgehead atoms. The predicted molar refractivity (Wildman–Crippen MR) is 84.6 cm³/mol. The largest absolute Gasteiger partial charge is 0.497 e. The van der Waals surface area contributed by atoms with E-state index in [4.69, 9.17) is 4.74 Å². The third kappa shape index (κ3) is 1.52. The third-order valence-corrected chi connectivity index (χ3v) is 4.57. The van der Waals surface area contributed by atoms with Crippen molar-refractivity contribution in [1.29, 1.82) is 0 Å². The van der Waals surface area contributed by atoms with E-state index >= 15 is 0 Å². The fourth-order valence-electron chi connectivity index (χ4n) is 3.36. The summed E-state index contributed by atoms with van der Waals surface area (Å²) < 4.78 is 5.32. The summed E-state index contributed by atoms with van der Waals surface area (Å²) in [5.74, 6) is 0.809. The Bertz CT molecular complexity index is 922. The maximum atomic E-state index is 13.0. The van der Waals surface area contributed by atoms with E-state index in [9.17, 15) is 4.79 Å². The number of ether oxygens (including phenoxy) is 1. The van der Waals surface area contributed by atoms with Gasteiger partial charge < -0.3 is 9.72 Å². The topological polar surface area (TPSA) is 55.0 Å². The van der Waals surface area contributed by atoms with Crippen molar-refractivity contribution < 1.29 is 9.53 Å². The fourth-order valence-corrected chi connectivity index (χ4v) is 3.36. The molecule has 0 saturated heterocycles. The van der Waals surface area contributed by atoms with Crippen molar-refractivity contribution in [2.24, 2.45) is 0 Å². The van der Waals surface area contributed by atoms with E-state index in [1.807, 2.05) is 30.3 Å². The van der Waals surface area contributed by atoms with Crippen LogP contribution in [0.5, 0.6) is 5.75 Å². The molecule has 0 fully saturated rings. The molecule has 1 aliphatic carbocycles. The second-order valence-electron chi connectivity index (χ2n) is 6.14. The number of H-pyrrole nitrogens is 1. The zero-order valence-electron chi connectivity index (χ0n) is 12.7. The van der Waals surface area contributed by atoms with Gasteiger partial charge in [-0.05, 0) is 35.9 Å². The van der Waals surface area contributed by atoms with E-state index in [2.05, 4.69) is 23.8 Å². The van der Waals surface area contributed by atoms with Gasteiger partial charge in [0.25, 0.3) is 0 Å². The van der Waals surface area contributed by atoms with Crippen molar-refractivity contribution in [3.8, 4) is 5.75 Å². The lowest BCUT2D eigenvalue weighted by atomic mass is 9.71. The van der Waals surface area contributed by atoms with Crippen LogP contribution in [0.3, 0.4) is 0 Å². The monoisotopic (exact) mass is 292 g/mol. The number of nitrogens with zero attached hydrogens (tertiary/aromatic N) is 1. The highest BCUT2D eigenvalue weighted by atomic mass is 16.5. The van der Waals surface area contributed by atoms with Crippen LogP contribution >= 0.6 is 0 Å². The van der Waals surface area contributed by atoms with Crippen molar-refractivity contribution in [3.63, 3.8) is 0 Å². The summed E-state index contributed by atoms with van der Waals surface area (Å²) in [5, 5.41) is 0.886. The van der Waals surface area contributed by atoms with Gasteiger partial charge in [-0.25, -0.2) is 4.98 Å². The van der Waals surface area contributed by atoms with Crippen LogP contribution in [0.4, 0.5) is 0 Å². The molecule has 0 unspecified atom stereocenters. The summed E-state index contributed by atoms with van der Waals surface area (Å²) in [6.07, 6.45) is 1.73. The molecule has 2 heterocycles. The number of aromatic nitrogens is 2. The molecule has 1 N–H and O–H groups in total. The van der Waals surface area contributed by atoms with Gasteiger partial charge >= 0.3 is 0 Å². The SMILES string of the molecule is COc1ccc2c(c1)C(C)(C)c1[nH]c3ncccc3c1C2=O. The summed E-state index contributed by atoms with van der Waals surface area (Å²) >= 11 is 0. The molecule has 4 rings (SSSR count). The number of benzene rings is 1. The predicted octanol–water partition coefficient (Wildman–Crippen LogP) is 3.44. The van der Waals surface area contributed by atoms with Gasteiger partial charge in [0.1, 0.15) is 11.4 Å². The van der Waals surface area contributed by atoms with Crippen LogP contribution in [-0.2, 0) is 5.41 Å². The Hall–Kier alpha value is -2.62. The highest BCUT2D eigenvalue weighted by Gasteiger charge is 2.39. The Balaban J connectivity index is 2.08. The van der Waals surface area contributed by atoms with Crippen LogP contribution in [0.25, 0.3) is 11.0 Å². The first-order chi connectivity index (χ1) is 10.5. The first kappa shape index (κ1) is 13.1. The van der Waals surface area contributed by atoms with Crippen molar-refractivity contribution in [2.45, 2.75) is 19.3 Å². The molecular formula is C18H16N2O2. The number of carbonyl (C=O) groups is 1. The Morgan fingerprint density at radius 3 is 2.82 bits per heavy atom. The molecule has 0 saturated carbocycles. The van der Waals surface area contributed by atoms with Crippen LogP contribution in [-0.4, -0.2) is 22.9 Å². The average molecular weight is 292 g/mol. The van der Waals surface area contributed by atoms with E-state index in [0.717, 1.165) is 39.2 Å². The maximum absolute atomic E-state index is 13.0. The molecule has 0 radical (unpaired) electrons. The molecule has 3 aromatic rings. The normalized spacial score (nSPS) is 15.5. The molecule has 1 aliphatic rings. The molecule has 0 spiro atoms. The van der Waals surface area contributed by atoms with E-state index < -0.39 is 0 Å². The molecule has 110 valence electrons. The molecule has 0 amide bonds. The fraction of sp³-hybridized carbons (Fsp3) is 0.222. The maximum Gasteiger partial charge on any atom is 0.195 e. The highest BCUT2D eigenvalue weighted by Crippen LogP contribution is 2.44. The molecule has 1 aromatic carbocycles. The Labute approximate surface area is 128 Å². The van der Waals surface area contributed by atoms with Gasteiger partial charge in [0.05, 0.1) is 12.7 Å². The highest BCUT2D eigenvalue weighted by molar-refractivity contribution is 6.19. The van der Waals surface area contributed by atoms with Gasteiger partial charge in [-0.2, -0.15) is 0 Å². The molecular weight excluding hydrogens is 276 g/mol. The molecule has 4 nitrogen and oxygen atoms in total. The zero-order valence-corrected chi connectivity index (χ0v) is 12.7. The van der Waals surface area contributed by atoms with Crippen molar-refractivity contribution in [1.82, 2.24) is 9.97 Å². The van der Waals surface area contributed by atoms with Crippen molar-refractivity contribution >= 4 is 16.8 Å². The van der Waals surface area contributed by atoms with Crippen LogP contribution in [0.2, 0.25) is 0 Å². The number of nitrogens with one attached hydrogen (secondary N) is 1. The number of rotatable bonds is 1. The van der Waals surface area contributed by atoms with Crippen LogP contribution in [0.1, 0.15) is 41.0 Å². The van der Waals surface area contributed by atoms with E-state index in [-0.39, 0.29) is 11.2 Å². The van der Waals surface area contributed by atoms with Gasteiger partial charge in [0.15, 0.2) is 5.78 Å². The Morgan fingerprint density at radius 2 is 2.05 bits per heavy atom.